The van der Waals surface area contributed by atoms with E-state index in [9.17, 15) is 21.6 Å². The van der Waals surface area contributed by atoms with Crippen molar-refractivity contribution in [1.82, 2.24) is 4.31 Å². The van der Waals surface area contributed by atoms with Gasteiger partial charge in [0.1, 0.15) is 0 Å². The first-order chi connectivity index (χ1) is 8.22. The van der Waals surface area contributed by atoms with Crippen LogP contribution in [0.5, 0.6) is 0 Å². The summed E-state index contributed by atoms with van der Waals surface area (Å²) >= 11 is 0. The van der Waals surface area contributed by atoms with E-state index >= 15 is 0 Å². The van der Waals surface area contributed by atoms with Crippen LogP contribution in [0.15, 0.2) is 0 Å². The van der Waals surface area contributed by atoms with Gasteiger partial charge < -0.3 is 5.11 Å². The van der Waals surface area contributed by atoms with Gasteiger partial charge in [0.2, 0.25) is 10.0 Å². The number of sulfonamides is 1. The number of hydrogen-bond donors (Lipinski definition) is 1. The molecule has 0 aromatic heterocycles. The molecular weight excluding hydrogens is 282 g/mol. The summed E-state index contributed by atoms with van der Waals surface area (Å²) in [5, 5.41) is 8.31. The molecule has 0 radical (unpaired) electrons. The third-order valence-electron chi connectivity index (χ3n) is 3.16. The molecule has 1 heterocycles. The topological polar surface area (TPSA) is 109 Å². The number of carboxylic acid groups (broad SMARTS) is 1. The van der Waals surface area contributed by atoms with E-state index < -0.39 is 49.3 Å². The molecule has 2 rings (SSSR count). The summed E-state index contributed by atoms with van der Waals surface area (Å²) in [5.74, 6) is -1.81. The number of rotatable bonds is 4. The molecule has 0 bridgehead atoms. The maximum Gasteiger partial charge on any atom is 0.305 e. The van der Waals surface area contributed by atoms with Crippen LogP contribution in [0, 0.1) is 0 Å². The van der Waals surface area contributed by atoms with Gasteiger partial charge in [-0.25, -0.2) is 16.8 Å². The van der Waals surface area contributed by atoms with Crippen LogP contribution in [0.4, 0.5) is 0 Å². The van der Waals surface area contributed by atoms with E-state index in [4.69, 9.17) is 5.11 Å². The Morgan fingerprint density at radius 3 is 2.44 bits per heavy atom. The maximum atomic E-state index is 12.1. The summed E-state index contributed by atoms with van der Waals surface area (Å²) in [4.78, 5) is 10.7. The van der Waals surface area contributed by atoms with Crippen LogP contribution in [-0.4, -0.2) is 61.6 Å². The molecule has 0 spiro atoms. The van der Waals surface area contributed by atoms with Crippen LogP contribution >= 0.6 is 0 Å². The molecule has 1 saturated heterocycles. The van der Waals surface area contributed by atoms with Crippen LogP contribution in [0.25, 0.3) is 0 Å². The van der Waals surface area contributed by atoms with Gasteiger partial charge in [0.05, 0.1) is 23.2 Å². The fourth-order valence-electron chi connectivity index (χ4n) is 2.13. The normalized spacial score (nSPS) is 29.0. The second kappa shape index (κ2) is 4.46. The molecule has 2 aliphatic rings. The van der Waals surface area contributed by atoms with Crippen molar-refractivity contribution in [3.05, 3.63) is 0 Å². The molecule has 9 heteroatoms. The monoisotopic (exact) mass is 297 g/mol. The summed E-state index contributed by atoms with van der Waals surface area (Å²) in [5.41, 5.74) is 0. The van der Waals surface area contributed by atoms with Crippen LogP contribution in [0.3, 0.4) is 0 Å². The summed E-state index contributed by atoms with van der Waals surface area (Å²) in [7, 11) is -6.87. The fraction of sp³-hybridized carbons (Fsp3) is 0.889. The minimum absolute atomic E-state index is 0.126. The third kappa shape index (κ3) is 2.83. The van der Waals surface area contributed by atoms with E-state index in [0.29, 0.717) is 12.8 Å². The Bertz CT molecular complexity index is 548. The van der Waals surface area contributed by atoms with Crippen molar-refractivity contribution >= 4 is 25.8 Å². The van der Waals surface area contributed by atoms with E-state index in [1.54, 1.807) is 0 Å². The average Bonchev–Trinajstić information content (AvgIpc) is 2.96. The highest BCUT2D eigenvalue weighted by atomic mass is 32.2. The Hall–Kier alpha value is -0.670. The van der Waals surface area contributed by atoms with E-state index in [-0.39, 0.29) is 12.3 Å². The number of sulfone groups is 1. The van der Waals surface area contributed by atoms with Crippen molar-refractivity contribution < 1.29 is 26.7 Å². The molecule has 2 fully saturated rings. The van der Waals surface area contributed by atoms with Crippen molar-refractivity contribution in [3.8, 4) is 0 Å². The first-order valence-electron chi connectivity index (χ1n) is 5.65. The lowest BCUT2D eigenvalue weighted by molar-refractivity contribution is -0.137. The van der Waals surface area contributed by atoms with Crippen LogP contribution < -0.4 is 0 Å². The Morgan fingerprint density at radius 1 is 1.33 bits per heavy atom. The molecule has 0 aromatic rings. The quantitative estimate of drug-likeness (QED) is 0.717. The SMILES string of the molecule is O=C(O)CC1CS(=O)(=O)CCN1S(=O)(=O)C1CC1. The Labute approximate surface area is 106 Å². The smallest absolute Gasteiger partial charge is 0.305 e. The Kier molecular flexibility index (Phi) is 3.41. The molecule has 1 aliphatic carbocycles. The van der Waals surface area contributed by atoms with Crippen molar-refractivity contribution in [2.75, 3.05) is 18.1 Å². The summed E-state index contributed by atoms with van der Waals surface area (Å²) in [6.07, 6.45) is 0.682. The molecular formula is C9H15NO6S2. The maximum absolute atomic E-state index is 12.1. The standard InChI is InChI=1S/C9H15NO6S2/c11-9(12)5-7-6-17(13,14)4-3-10(7)18(15,16)8-1-2-8/h7-8H,1-6H2,(H,11,12). The lowest BCUT2D eigenvalue weighted by atomic mass is 10.2. The second-order valence-corrected chi connectivity index (χ2v) is 9.12. The number of aliphatic carboxylic acids is 1. The summed E-state index contributed by atoms with van der Waals surface area (Å²) < 4.78 is 48.2. The average molecular weight is 297 g/mol. The zero-order chi connectivity index (χ0) is 13.6. The van der Waals surface area contributed by atoms with Gasteiger partial charge in [0.15, 0.2) is 9.84 Å². The van der Waals surface area contributed by atoms with E-state index in [1.807, 2.05) is 0 Å². The molecule has 0 amide bonds. The summed E-state index contributed by atoms with van der Waals surface area (Å²) in [6, 6.07) is -0.966. The van der Waals surface area contributed by atoms with Gasteiger partial charge in [0.25, 0.3) is 0 Å². The van der Waals surface area contributed by atoms with Crippen molar-refractivity contribution in [2.24, 2.45) is 0 Å². The molecule has 18 heavy (non-hydrogen) atoms. The minimum Gasteiger partial charge on any atom is -0.481 e. The fourth-order valence-corrected chi connectivity index (χ4v) is 5.89. The second-order valence-electron chi connectivity index (χ2n) is 4.72. The molecule has 7 nitrogen and oxygen atoms in total. The first kappa shape index (κ1) is 13.8. The lowest BCUT2D eigenvalue weighted by Gasteiger charge is -2.33. The Morgan fingerprint density at radius 2 is 1.94 bits per heavy atom. The van der Waals surface area contributed by atoms with Crippen molar-refractivity contribution in [1.29, 1.82) is 0 Å². The number of carboxylic acids is 1. The van der Waals surface area contributed by atoms with Crippen LogP contribution in [0.2, 0.25) is 0 Å². The van der Waals surface area contributed by atoms with Gasteiger partial charge >= 0.3 is 5.97 Å². The van der Waals surface area contributed by atoms with Gasteiger partial charge in [-0.3, -0.25) is 4.79 Å². The summed E-state index contributed by atoms with van der Waals surface area (Å²) in [6.45, 7) is -0.126. The highest BCUT2D eigenvalue weighted by Crippen LogP contribution is 2.33. The van der Waals surface area contributed by atoms with Gasteiger partial charge in [-0.2, -0.15) is 4.31 Å². The predicted octanol–water partition coefficient (Wildman–Crippen LogP) is -0.948. The zero-order valence-corrected chi connectivity index (χ0v) is 11.3. The molecule has 1 atom stereocenters. The molecule has 1 N–H and O–H groups in total. The van der Waals surface area contributed by atoms with E-state index in [0.717, 1.165) is 4.31 Å². The number of hydrogen-bond acceptors (Lipinski definition) is 5. The molecule has 0 aromatic carbocycles. The molecule has 1 aliphatic heterocycles. The van der Waals surface area contributed by atoms with Gasteiger partial charge in [-0.05, 0) is 12.8 Å². The zero-order valence-electron chi connectivity index (χ0n) is 9.65. The van der Waals surface area contributed by atoms with Crippen molar-refractivity contribution in [2.45, 2.75) is 30.6 Å². The highest BCUT2D eigenvalue weighted by molar-refractivity contribution is 7.92. The number of carbonyl (C=O) groups is 1. The highest BCUT2D eigenvalue weighted by Gasteiger charge is 2.46. The lowest BCUT2D eigenvalue weighted by Crippen LogP contribution is -2.52. The van der Waals surface area contributed by atoms with Crippen molar-refractivity contribution in [3.63, 3.8) is 0 Å². The molecule has 104 valence electrons. The van der Waals surface area contributed by atoms with Gasteiger partial charge in [0, 0.05) is 12.6 Å². The van der Waals surface area contributed by atoms with Crippen LogP contribution in [-0.2, 0) is 24.7 Å². The minimum atomic E-state index is -3.53. The van der Waals surface area contributed by atoms with Gasteiger partial charge in [-0.1, -0.05) is 0 Å². The molecule has 1 unspecified atom stereocenters. The third-order valence-corrected chi connectivity index (χ3v) is 7.30. The number of nitrogens with zero attached hydrogens (tertiary/aromatic N) is 1. The molecule has 1 saturated carbocycles. The van der Waals surface area contributed by atoms with E-state index in [2.05, 4.69) is 0 Å². The van der Waals surface area contributed by atoms with E-state index in [1.165, 1.54) is 0 Å². The Balaban J connectivity index is 2.24. The van der Waals surface area contributed by atoms with Crippen LogP contribution in [0.1, 0.15) is 19.3 Å². The predicted molar refractivity (Wildman–Crippen MR) is 63.3 cm³/mol. The van der Waals surface area contributed by atoms with Gasteiger partial charge in [-0.15, -0.1) is 0 Å². The largest absolute Gasteiger partial charge is 0.481 e. The first-order valence-corrected chi connectivity index (χ1v) is 8.98.